The van der Waals surface area contributed by atoms with Crippen molar-refractivity contribution in [2.75, 3.05) is 20.8 Å². The lowest BCUT2D eigenvalue weighted by molar-refractivity contribution is 0.279. The molecule has 0 saturated heterocycles. The average molecular weight is 277 g/mol. The van der Waals surface area contributed by atoms with Gasteiger partial charge in [-0.3, -0.25) is 0 Å². The lowest BCUT2D eigenvalue weighted by Gasteiger charge is -2.39. The van der Waals surface area contributed by atoms with E-state index in [0.717, 1.165) is 30.8 Å². The average Bonchev–Trinajstić information content (AvgIpc) is 2.53. The molecule has 1 saturated carbocycles. The highest BCUT2D eigenvalue weighted by Gasteiger charge is 2.37. The van der Waals surface area contributed by atoms with Crippen molar-refractivity contribution in [3.05, 3.63) is 23.3 Å². The van der Waals surface area contributed by atoms with Gasteiger partial charge in [0.1, 0.15) is 0 Å². The second-order valence-corrected chi connectivity index (χ2v) is 5.73. The molecule has 1 aliphatic carbocycles. The van der Waals surface area contributed by atoms with Gasteiger partial charge < -0.3 is 15.2 Å². The number of hydrogen-bond donors (Lipinski definition) is 1. The molecule has 0 radical (unpaired) electrons. The molecule has 2 N–H and O–H groups in total. The van der Waals surface area contributed by atoms with Crippen LogP contribution in [0.4, 0.5) is 0 Å². The second-order valence-electron chi connectivity index (χ2n) is 5.73. The number of rotatable bonds is 5. The van der Waals surface area contributed by atoms with Gasteiger partial charge in [-0.15, -0.1) is 0 Å². The Balaban J connectivity index is 2.61. The number of nitrogens with two attached hydrogens (primary N) is 1. The first-order valence-corrected chi connectivity index (χ1v) is 7.66. The summed E-state index contributed by atoms with van der Waals surface area (Å²) in [4.78, 5) is 0. The van der Waals surface area contributed by atoms with Crippen molar-refractivity contribution in [1.29, 1.82) is 0 Å². The summed E-state index contributed by atoms with van der Waals surface area (Å²) in [5.74, 6) is 1.71. The highest BCUT2D eigenvalue weighted by Crippen LogP contribution is 2.47. The van der Waals surface area contributed by atoms with Gasteiger partial charge in [0.05, 0.1) is 14.2 Å². The normalized spacial score (nSPS) is 17.8. The van der Waals surface area contributed by atoms with Gasteiger partial charge in [-0.1, -0.05) is 32.3 Å². The maximum absolute atomic E-state index is 6.21. The van der Waals surface area contributed by atoms with Crippen LogP contribution in [0.25, 0.3) is 0 Å². The van der Waals surface area contributed by atoms with Crippen LogP contribution in [0.5, 0.6) is 11.5 Å². The first kappa shape index (κ1) is 15.2. The maximum Gasteiger partial charge on any atom is 0.164 e. The minimum atomic E-state index is 0.0590. The molecule has 0 heterocycles. The molecule has 3 heteroatoms. The molecule has 2 rings (SSSR count). The molecule has 112 valence electrons. The topological polar surface area (TPSA) is 44.5 Å². The molecular weight excluding hydrogens is 250 g/mol. The van der Waals surface area contributed by atoms with Crippen molar-refractivity contribution in [2.24, 2.45) is 5.73 Å². The molecule has 0 bridgehead atoms. The van der Waals surface area contributed by atoms with Crippen LogP contribution in [0.3, 0.4) is 0 Å². The monoisotopic (exact) mass is 277 g/mol. The summed E-state index contributed by atoms with van der Waals surface area (Å²) in [6.07, 6.45) is 7.12. The Labute approximate surface area is 122 Å². The fourth-order valence-electron chi connectivity index (χ4n) is 3.63. The summed E-state index contributed by atoms with van der Waals surface area (Å²) < 4.78 is 11.2. The summed E-state index contributed by atoms with van der Waals surface area (Å²) in [6.45, 7) is 2.88. The zero-order valence-electron chi connectivity index (χ0n) is 13.0. The Morgan fingerprint density at radius 3 is 2.30 bits per heavy atom. The van der Waals surface area contributed by atoms with Crippen LogP contribution >= 0.6 is 0 Å². The smallest absolute Gasteiger partial charge is 0.164 e. The predicted octanol–water partition coefficient (Wildman–Crippen LogP) is 3.43. The zero-order valence-corrected chi connectivity index (χ0v) is 13.0. The molecule has 0 aliphatic heterocycles. The highest BCUT2D eigenvalue weighted by atomic mass is 16.5. The van der Waals surface area contributed by atoms with E-state index in [0.29, 0.717) is 6.54 Å². The Morgan fingerprint density at radius 1 is 1.10 bits per heavy atom. The molecule has 0 unspecified atom stereocenters. The summed E-state index contributed by atoms with van der Waals surface area (Å²) in [7, 11) is 3.43. The van der Waals surface area contributed by atoms with Gasteiger partial charge >= 0.3 is 0 Å². The van der Waals surface area contributed by atoms with E-state index < -0.39 is 0 Å². The molecule has 20 heavy (non-hydrogen) atoms. The van der Waals surface area contributed by atoms with Gasteiger partial charge in [0.2, 0.25) is 0 Å². The van der Waals surface area contributed by atoms with Crippen molar-refractivity contribution in [3.63, 3.8) is 0 Å². The number of ether oxygens (including phenoxy) is 2. The van der Waals surface area contributed by atoms with Crippen molar-refractivity contribution >= 4 is 0 Å². The standard InChI is InChI=1S/C17H27NO2/c1-4-13-8-9-14(19-2)16(20-3)15(13)17(12-18)10-6-5-7-11-17/h8-9H,4-7,10-12,18H2,1-3H3. The maximum atomic E-state index is 6.21. The Bertz CT molecular complexity index is 451. The van der Waals surface area contributed by atoms with E-state index in [4.69, 9.17) is 15.2 Å². The lowest BCUT2D eigenvalue weighted by atomic mass is 9.67. The second kappa shape index (κ2) is 6.49. The van der Waals surface area contributed by atoms with E-state index in [1.165, 1.54) is 30.4 Å². The number of methoxy groups -OCH3 is 2. The highest BCUT2D eigenvalue weighted by molar-refractivity contribution is 5.55. The molecule has 1 aliphatic rings. The van der Waals surface area contributed by atoms with Gasteiger partial charge in [-0.05, 0) is 30.9 Å². The Morgan fingerprint density at radius 2 is 1.80 bits per heavy atom. The van der Waals surface area contributed by atoms with E-state index in [-0.39, 0.29) is 5.41 Å². The van der Waals surface area contributed by atoms with Crippen molar-refractivity contribution in [2.45, 2.75) is 50.9 Å². The number of benzene rings is 1. The molecule has 1 fully saturated rings. The van der Waals surface area contributed by atoms with Crippen LogP contribution in [-0.2, 0) is 11.8 Å². The molecule has 1 aromatic rings. The van der Waals surface area contributed by atoms with E-state index in [1.807, 2.05) is 6.07 Å². The van der Waals surface area contributed by atoms with Gasteiger partial charge in [0, 0.05) is 17.5 Å². The van der Waals surface area contributed by atoms with Crippen LogP contribution in [0.15, 0.2) is 12.1 Å². The summed E-state index contributed by atoms with van der Waals surface area (Å²) >= 11 is 0. The van der Waals surface area contributed by atoms with Crippen LogP contribution in [-0.4, -0.2) is 20.8 Å². The third-order valence-electron chi connectivity index (χ3n) is 4.74. The van der Waals surface area contributed by atoms with Crippen molar-refractivity contribution < 1.29 is 9.47 Å². The van der Waals surface area contributed by atoms with E-state index in [1.54, 1.807) is 14.2 Å². The Kier molecular flexibility index (Phi) is 4.92. The zero-order chi connectivity index (χ0) is 14.6. The molecule has 0 spiro atoms. The molecular formula is C17H27NO2. The van der Waals surface area contributed by atoms with Crippen LogP contribution in [0.1, 0.15) is 50.2 Å². The SMILES string of the molecule is CCc1ccc(OC)c(OC)c1C1(CN)CCCCC1. The van der Waals surface area contributed by atoms with Gasteiger partial charge in [-0.25, -0.2) is 0 Å². The van der Waals surface area contributed by atoms with Crippen molar-refractivity contribution in [1.82, 2.24) is 0 Å². The van der Waals surface area contributed by atoms with E-state index in [2.05, 4.69) is 13.0 Å². The van der Waals surface area contributed by atoms with Crippen LogP contribution < -0.4 is 15.2 Å². The third-order valence-corrected chi connectivity index (χ3v) is 4.74. The quantitative estimate of drug-likeness (QED) is 0.897. The molecule has 1 aromatic carbocycles. The van der Waals surface area contributed by atoms with Crippen LogP contribution in [0.2, 0.25) is 0 Å². The Hall–Kier alpha value is -1.22. The number of hydrogen-bond acceptors (Lipinski definition) is 3. The minimum Gasteiger partial charge on any atom is -0.493 e. The summed E-state index contributed by atoms with van der Waals surface area (Å²) in [5, 5.41) is 0. The fraction of sp³-hybridized carbons (Fsp3) is 0.647. The van der Waals surface area contributed by atoms with Gasteiger partial charge in [0.25, 0.3) is 0 Å². The molecule has 3 nitrogen and oxygen atoms in total. The predicted molar refractivity (Wildman–Crippen MR) is 82.7 cm³/mol. The summed E-state index contributed by atoms with van der Waals surface area (Å²) in [6, 6.07) is 4.18. The van der Waals surface area contributed by atoms with Gasteiger partial charge in [-0.2, -0.15) is 0 Å². The van der Waals surface area contributed by atoms with Crippen LogP contribution in [0, 0.1) is 0 Å². The lowest BCUT2D eigenvalue weighted by Crippen LogP contribution is -2.38. The molecule has 0 atom stereocenters. The largest absolute Gasteiger partial charge is 0.493 e. The number of aryl methyl sites for hydroxylation is 1. The first-order chi connectivity index (χ1) is 9.72. The van der Waals surface area contributed by atoms with Crippen molar-refractivity contribution in [3.8, 4) is 11.5 Å². The molecule has 0 aromatic heterocycles. The summed E-state index contributed by atoms with van der Waals surface area (Å²) in [5.41, 5.74) is 8.91. The van der Waals surface area contributed by atoms with E-state index in [9.17, 15) is 0 Å². The van der Waals surface area contributed by atoms with E-state index >= 15 is 0 Å². The van der Waals surface area contributed by atoms with Gasteiger partial charge in [0.15, 0.2) is 11.5 Å². The first-order valence-electron chi connectivity index (χ1n) is 7.66. The third kappa shape index (κ3) is 2.51. The minimum absolute atomic E-state index is 0.0590. The molecule has 0 amide bonds. The fourth-order valence-corrected chi connectivity index (χ4v) is 3.63.